The third-order valence-corrected chi connectivity index (χ3v) is 6.06. The first kappa shape index (κ1) is 26.0. The Kier molecular flexibility index (Phi) is 7.38. The van der Waals surface area contributed by atoms with E-state index >= 15 is 0 Å². The second-order valence-electron chi connectivity index (χ2n) is 8.94. The van der Waals surface area contributed by atoms with E-state index in [0.717, 1.165) is 47.4 Å². The van der Waals surface area contributed by atoms with Crippen LogP contribution >= 0.6 is 0 Å². The standard InChI is InChI=1S/C29H27F3N2O3/c1-4-5-8-19-15-25(20-11-12-26(33-16-20)29(30,31)32)37-27-22(13-17(2)14-23(19)27)18(3)34-24-10-7-6-9-21(24)28(35)36/h6-16,18,34H,4-5H2,1-3H3,(H,35,36)/b19-8-. The van der Waals surface area contributed by atoms with Crippen LogP contribution in [0.5, 0.6) is 5.75 Å². The minimum atomic E-state index is -4.53. The number of carboxylic acids is 1. The van der Waals surface area contributed by atoms with Crippen molar-refractivity contribution in [3.05, 3.63) is 100 Å². The summed E-state index contributed by atoms with van der Waals surface area (Å²) in [5, 5.41) is 12.9. The summed E-state index contributed by atoms with van der Waals surface area (Å²) in [4.78, 5) is 15.3. The number of alkyl halides is 3. The first-order valence-corrected chi connectivity index (χ1v) is 12.0. The molecule has 1 atom stereocenters. The van der Waals surface area contributed by atoms with Crippen LogP contribution in [-0.4, -0.2) is 16.1 Å². The lowest BCUT2D eigenvalue weighted by Crippen LogP contribution is -2.15. The van der Waals surface area contributed by atoms with E-state index in [1.54, 1.807) is 18.2 Å². The highest BCUT2D eigenvalue weighted by molar-refractivity contribution is 5.94. The minimum absolute atomic E-state index is 0.150. The van der Waals surface area contributed by atoms with Crippen LogP contribution in [0, 0.1) is 6.92 Å². The molecule has 0 amide bonds. The fourth-order valence-electron chi connectivity index (χ4n) is 4.23. The van der Waals surface area contributed by atoms with Gasteiger partial charge < -0.3 is 15.2 Å². The minimum Gasteiger partial charge on any atom is -0.478 e. The van der Waals surface area contributed by atoms with Gasteiger partial charge in [0.15, 0.2) is 0 Å². The van der Waals surface area contributed by atoms with Crippen LogP contribution < -0.4 is 10.1 Å². The largest absolute Gasteiger partial charge is 0.478 e. The lowest BCUT2D eigenvalue weighted by molar-refractivity contribution is -0.141. The van der Waals surface area contributed by atoms with Crippen LogP contribution in [0.3, 0.4) is 0 Å². The average molecular weight is 509 g/mol. The van der Waals surface area contributed by atoms with Gasteiger partial charge in [0.2, 0.25) is 0 Å². The number of hydrogen-bond donors (Lipinski definition) is 2. The maximum absolute atomic E-state index is 13.0. The van der Waals surface area contributed by atoms with E-state index in [4.69, 9.17) is 4.74 Å². The number of halogens is 3. The molecule has 0 saturated carbocycles. The molecule has 0 aliphatic carbocycles. The number of nitrogens with zero attached hydrogens (tertiary/aromatic N) is 1. The summed E-state index contributed by atoms with van der Waals surface area (Å²) in [6, 6.07) is 12.6. The Labute approximate surface area is 213 Å². The quantitative estimate of drug-likeness (QED) is 0.339. The zero-order valence-electron chi connectivity index (χ0n) is 20.7. The lowest BCUT2D eigenvalue weighted by Gasteiger charge is -2.27. The topological polar surface area (TPSA) is 71.5 Å². The number of carboxylic acid groups (broad SMARTS) is 1. The van der Waals surface area contributed by atoms with Crippen molar-refractivity contribution in [2.45, 2.75) is 45.8 Å². The van der Waals surface area contributed by atoms with Crippen LogP contribution in [0.1, 0.15) is 71.0 Å². The molecule has 2 heterocycles. The highest BCUT2D eigenvalue weighted by Gasteiger charge is 2.32. The highest BCUT2D eigenvalue weighted by atomic mass is 19.4. The van der Waals surface area contributed by atoms with E-state index in [-0.39, 0.29) is 11.6 Å². The maximum atomic E-state index is 13.0. The van der Waals surface area contributed by atoms with Gasteiger partial charge in [0.1, 0.15) is 17.2 Å². The molecule has 0 fully saturated rings. The number of rotatable bonds is 7. The molecule has 1 unspecified atom stereocenters. The molecule has 4 rings (SSSR count). The Hall–Kier alpha value is -4.07. The summed E-state index contributed by atoms with van der Waals surface area (Å²) in [6.07, 6.45) is 2.27. The van der Waals surface area contributed by atoms with Crippen LogP contribution in [-0.2, 0) is 6.18 Å². The molecule has 8 heteroatoms. The van der Waals surface area contributed by atoms with Gasteiger partial charge in [-0.2, -0.15) is 13.2 Å². The predicted molar refractivity (Wildman–Crippen MR) is 137 cm³/mol. The molecule has 0 saturated heterocycles. The SMILES string of the molecule is CCC/C=C1/C=C(c2ccc(C(F)(F)F)nc2)Oc2c1cc(C)cc2C(C)Nc1ccccc1C(=O)O. The first-order valence-electron chi connectivity index (χ1n) is 12.0. The van der Waals surface area contributed by atoms with Gasteiger partial charge >= 0.3 is 12.1 Å². The molecule has 5 nitrogen and oxygen atoms in total. The van der Waals surface area contributed by atoms with E-state index in [9.17, 15) is 23.1 Å². The van der Waals surface area contributed by atoms with Crippen molar-refractivity contribution in [1.29, 1.82) is 0 Å². The van der Waals surface area contributed by atoms with Crippen molar-refractivity contribution in [3.8, 4) is 5.75 Å². The Morgan fingerprint density at radius 3 is 2.59 bits per heavy atom. The number of carbonyl (C=O) groups is 1. The molecule has 0 spiro atoms. The fourth-order valence-corrected chi connectivity index (χ4v) is 4.23. The van der Waals surface area contributed by atoms with Gasteiger partial charge in [-0.25, -0.2) is 4.79 Å². The smallest absolute Gasteiger partial charge is 0.433 e. The van der Waals surface area contributed by atoms with Crippen LogP contribution in [0.25, 0.3) is 11.3 Å². The summed E-state index contributed by atoms with van der Waals surface area (Å²) in [5.74, 6) is -0.0832. The number of aromatic carboxylic acids is 1. The van der Waals surface area contributed by atoms with Gasteiger partial charge in [-0.15, -0.1) is 0 Å². The molecule has 0 bridgehead atoms. The van der Waals surface area contributed by atoms with Crippen molar-refractivity contribution in [1.82, 2.24) is 4.98 Å². The van der Waals surface area contributed by atoms with E-state index in [2.05, 4.69) is 23.3 Å². The highest BCUT2D eigenvalue weighted by Crippen LogP contribution is 2.43. The number of nitrogens with one attached hydrogen (secondary N) is 1. The number of aryl methyl sites for hydroxylation is 1. The fraction of sp³-hybridized carbons (Fsp3) is 0.241. The van der Waals surface area contributed by atoms with Gasteiger partial charge in [0, 0.05) is 28.6 Å². The Bertz CT molecular complexity index is 1380. The normalized spacial score (nSPS) is 15.0. The van der Waals surface area contributed by atoms with Crippen LogP contribution in [0.15, 0.2) is 66.9 Å². The third-order valence-electron chi connectivity index (χ3n) is 6.06. The first-order chi connectivity index (χ1) is 17.6. The zero-order chi connectivity index (χ0) is 26.7. The van der Waals surface area contributed by atoms with E-state index in [0.29, 0.717) is 22.8 Å². The molecule has 2 N–H and O–H groups in total. The Morgan fingerprint density at radius 1 is 1.19 bits per heavy atom. The lowest BCUT2D eigenvalue weighted by atomic mass is 9.92. The predicted octanol–water partition coefficient (Wildman–Crippen LogP) is 7.90. The summed E-state index contributed by atoms with van der Waals surface area (Å²) >= 11 is 0. The summed E-state index contributed by atoms with van der Waals surface area (Å²) in [6.45, 7) is 5.94. The second kappa shape index (κ2) is 10.5. The van der Waals surface area contributed by atoms with E-state index < -0.39 is 17.8 Å². The van der Waals surface area contributed by atoms with Crippen molar-refractivity contribution < 1.29 is 27.8 Å². The summed E-state index contributed by atoms with van der Waals surface area (Å²) in [5.41, 5.74) is 3.63. The molecule has 192 valence electrons. The van der Waals surface area contributed by atoms with Gasteiger partial charge in [-0.3, -0.25) is 4.98 Å². The molecular weight excluding hydrogens is 481 g/mol. The number of allylic oxidation sites excluding steroid dienone is 3. The molecule has 1 aliphatic heterocycles. The van der Waals surface area contributed by atoms with Gasteiger partial charge in [-0.1, -0.05) is 37.6 Å². The van der Waals surface area contributed by atoms with Crippen LogP contribution in [0.2, 0.25) is 0 Å². The van der Waals surface area contributed by atoms with Crippen molar-refractivity contribution >= 4 is 23.0 Å². The maximum Gasteiger partial charge on any atom is 0.433 e. The monoisotopic (exact) mass is 508 g/mol. The number of pyridine rings is 1. The molecule has 2 aromatic carbocycles. The zero-order valence-corrected chi connectivity index (χ0v) is 20.7. The molecule has 0 radical (unpaired) electrons. The molecule has 1 aliphatic rings. The van der Waals surface area contributed by atoms with Gasteiger partial charge in [0.05, 0.1) is 11.6 Å². The average Bonchev–Trinajstić information content (AvgIpc) is 2.86. The van der Waals surface area contributed by atoms with E-state index in [1.165, 1.54) is 12.1 Å². The molecule has 37 heavy (non-hydrogen) atoms. The number of ether oxygens (including phenoxy) is 1. The molecule has 1 aromatic heterocycles. The summed E-state index contributed by atoms with van der Waals surface area (Å²) in [7, 11) is 0. The van der Waals surface area contributed by atoms with Crippen molar-refractivity contribution in [2.24, 2.45) is 0 Å². The van der Waals surface area contributed by atoms with Gasteiger partial charge in [0.25, 0.3) is 0 Å². The third kappa shape index (κ3) is 5.69. The van der Waals surface area contributed by atoms with Gasteiger partial charge in [-0.05, 0) is 67.8 Å². The summed E-state index contributed by atoms with van der Waals surface area (Å²) < 4.78 is 45.4. The number of unbranched alkanes of at least 4 members (excludes halogenated alkanes) is 1. The van der Waals surface area contributed by atoms with Crippen molar-refractivity contribution in [2.75, 3.05) is 5.32 Å². The number of hydrogen-bond acceptors (Lipinski definition) is 4. The number of aromatic nitrogens is 1. The number of para-hydroxylation sites is 1. The second-order valence-corrected chi connectivity index (χ2v) is 8.94. The number of fused-ring (bicyclic) bond motifs is 1. The van der Waals surface area contributed by atoms with E-state index in [1.807, 2.05) is 32.1 Å². The van der Waals surface area contributed by atoms with Crippen molar-refractivity contribution in [3.63, 3.8) is 0 Å². The Balaban J connectivity index is 1.77. The number of benzene rings is 2. The molecule has 3 aromatic rings. The molecular formula is C29H27F3N2O3. The Morgan fingerprint density at radius 2 is 1.95 bits per heavy atom. The van der Waals surface area contributed by atoms with Crippen LogP contribution in [0.4, 0.5) is 18.9 Å². The number of anilines is 1.